The normalized spacial score (nSPS) is 15.2. The Bertz CT molecular complexity index is 1200. The molecular weight excluding hydrogens is 446 g/mol. The van der Waals surface area contributed by atoms with Gasteiger partial charge in [0, 0.05) is 24.8 Å². The van der Waals surface area contributed by atoms with Crippen LogP contribution in [0, 0.1) is 13.8 Å². The predicted octanol–water partition coefficient (Wildman–Crippen LogP) is 4.21. The number of aromatic nitrogens is 1. The van der Waals surface area contributed by atoms with Crippen molar-refractivity contribution in [2.24, 2.45) is 0 Å². The highest BCUT2D eigenvalue weighted by Crippen LogP contribution is 2.30. The van der Waals surface area contributed by atoms with Crippen LogP contribution < -0.4 is 10.2 Å². The number of carbonyl (C=O) groups is 1. The summed E-state index contributed by atoms with van der Waals surface area (Å²) in [7, 11) is -3.19. The fourth-order valence-electron chi connectivity index (χ4n) is 3.83. The smallest absolute Gasteiger partial charge is 0.263 e. The molecule has 0 radical (unpaired) electrons. The highest BCUT2D eigenvalue weighted by Gasteiger charge is 2.24. The monoisotopic (exact) mass is 473 g/mol. The summed E-state index contributed by atoms with van der Waals surface area (Å²) in [4.78, 5) is 20.6. The first kappa shape index (κ1) is 22.5. The zero-order valence-electron chi connectivity index (χ0n) is 18.4. The Labute approximate surface area is 192 Å². The van der Waals surface area contributed by atoms with Crippen molar-refractivity contribution in [3.8, 4) is 10.8 Å². The minimum absolute atomic E-state index is 0.0919. The van der Waals surface area contributed by atoms with Crippen molar-refractivity contribution in [3.05, 3.63) is 52.7 Å². The fraction of sp³-hybridized carbons (Fsp3) is 0.391. The maximum absolute atomic E-state index is 12.9. The highest BCUT2D eigenvalue weighted by molar-refractivity contribution is 7.91. The van der Waals surface area contributed by atoms with E-state index in [1.54, 1.807) is 19.1 Å². The van der Waals surface area contributed by atoms with Gasteiger partial charge in [-0.3, -0.25) is 4.79 Å². The number of anilines is 1. The minimum Gasteiger partial charge on any atom is -0.459 e. The second-order valence-electron chi connectivity index (χ2n) is 7.98. The molecule has 32 heavy (non-hydrogen) atoms. The van der Waals surface area contributed by atoms with E-state index in [-0.39, 0.29) is 17.7 Å². The van der Waals surface area contributed by atoms with Crippen molar-refractivity contribution in [1.29, 1.82) is 0 Å². The van der Waals surface area contributed by atoms with E-state index >= 15 is 0 Å². The summed E-state index contributed by atoms with van der Waals surface area (Å²) < 4.78 is 29.6. The molecule has 1 saturated heterocycles. The van der Waals surface area contributed by atoms with Gasteiger partial charge in [-0.1, -0.05) is 6.92 Å². The first-order valence-electron chi connectivity index (χ1n) is 10.7. The molecule has 1 aliphatic heterocycles. The third kappa shape index (κ3) is 4.73. The molecule has 1 amide bonds. The van der Waals surface area contributed by atoms with Crippen LogP contribution in [0.2, 0.25) is 0 Å². The van der Waals surface area contributed by atoms with Gasteiger partial charge in [0.25, 0.3) is 5.91 Å². The number of amides is 1. The Hall–Kier alpha value is -2.65. The highest BCUT2D eigenvalue weighted by atomic mass is 32.2. The SMILES string of the molecule is CCS(=O)(=O)c1ccc(N2CCC(NC(=O)c3sc(-c4ccc(C)o4)nc3C)CC2)cc1. The van der Waals surface area contributed by atoms with Gasteiger partial charge in [0.2, 0.25) is 0 Å². The number of hydrogen-bond donors (Lipinski definition) is 1. The number of piperidine rings is 1. The van der Waals surface area contributed by atoms with Crippen molar-refractivity contribution < 1.29 is 17.6 Å². The molecule has 4 rings (SSSR count). The lowest BCUT2D eigenvalue weighted by Crippen LogP contribution is -2.44. The van der Waals surface area contributed by atoms with Gasteiger partial charge in [0.15, 0.2) is 20.6 Å². The molecule has 0 saturated carbocycles. The number of thiazole rings is 1. The molecular formula is C23H27N3O4S2. The quantitative estimate of drug-likeness (QED) is 0.576. The Morgan fingerprint density at radius 3 is 2.44 bits per heavy atom. The van der Waals surface area contributed by atoms with Crippen molar-refractivity contribution in [2.75, 3.05) is 23.7 Å². The van der Waals surface area contributed by atoms with Crippen LogP contribution in [0.1, 0.15) is 40.9 Å². The summed E-state index contributed by atoms with van der Waals surface area (Å²) in [5.41, 5.74) is 1.71. The third-order valence-electron chi connectivity index (χ3n) is 5.73. The lowest BCUT2D eigenvalue weighted by molar-refractivity contribution is 0.0934. The molecule has 2 aromatic heterocycles. The summed E-state index contributed by atoms with van der Waals surface area (Å²) >= 11 is 1.35. The van der Waals surface area contributed by atoms with Crippen LogP contribution in [-0.4, -0.2) is 44.2 Å². The third-order valence-corrected chi connectivity index (χ3v) is 8.65. The van der Waals surface area contributed by atoms with Crippen LogP contribution in [0.5, 0.6) is 0 Å². The van der Waals surface area contributed by atoms with E-state index < -0.39 is 9.84 Å². The number of aryl methyl sites for hydroxylation is 2. The molecule has 0 spiro atoms. The largest absolute Gasteiger partial charge is 0.459 e. The van der Waals surface area contributed by atoms with Crippen molar-refractivity contribution in [1.82, 2.24) is 10.3 Å². The molecule has 1 aromatic carbocycles. The maximum atomic E-state index is 12.9. The molecule has 1 aliphatic rings. The van der Waals surface area contributed by atoms with Crippen LogP contribution >= 0.6 is 11.3 Å². The Morgan fingerprint density at radius 1 is 1.16 bits per heavy atom. The first-order chi connectivity index (χ1) is 15.3. The van der Waals surface area contributed by atoms with E-state index in [4.69, 9.17) is 4.42 Å². The van der Waals surface area contributed by atoms with E-state index in [1.807, 2.05) is 38.1 Å². The number of nitrogens with zero attached hydrogens (tertiary/aromatic N) is 2. The van der Waals surface area contributed by atoms with Crippen LogP contribution in [0.25, 0.3) is 10.8 Å². The molecule has 3 heterocycles. The van der Waals surface area contributed by atoms with Crippen molar-refractivity contribution in [2.45, 2.75) is 44.6 Å². The number of sulfone groups is 1. The summed E-state index contributed by atoms with van der Waals surface area (Å²) in [5, 5.41) is 3.86. The molecule has 7 nitrogen and oxygen atoms in total. The number of nitrogens with one attached hydrogen (secondary N) is 1. The van der Waals surface area contributed by atoms with Crippen LogP contribution in [-0.2, 0) is 9.84 Å². The van der Waals surface area contributed by atoms with E-state index in [0.717, 1.165) is 37.4 Å². The molecule has 1 N–H and O–H groups in total. The Morgan fingerprint density at radius 2 is 1.84 bits per heavy atom. The molecule has 170 valence electrons. The van der Waals surface area contributed by atoms with Crippen LogP contribution in [0.3, 0.4) is 0 Å². The summed E-state index contributed by atoms with van der Waals surface area (Å²) in [5.74, 6) is 1.49. The second kappa shape index (κ2) is 9.07. The van der Waals surface area contributed by atoms with E-state index in [1.165, 1.54) is 11.3 Å². The van der Waals surface area contributed by atoms with E-state index in [0.29, 0.717) is 26.2 Å². The van der Waals surface area contributed by atoms with Gasteiger partial charge in [-0.05, 0) is 63.1 Å². The average molecular weight is 474 g/mol. The molecule has 0 bridgehead atoms. The van der Waals surface area contributed by atoms with Gasteiger partial charge < -0.3 is 14.6 Å². The maximum Gasteiger partial charge on any atom is 0.263 e. The van der Waals surface area contributed by atoms with Gasteiger partial charge in [-0.2, -0.15) is 0 Å². The molecule has 9 heteroatoms. The summed E-state index contributed by atoms with van der Waals surface area (Å²) in [6.07, 6.45) is 1.64. The standard InChI is InChI=1S/C23H27N3O4S2/c1-4-32(28,29)19-8-6-18(7-9-19)26-13-11-17(12-14-26)25-22(27)21-16(3)24-23(31-21)20-10-5-15(2)30-20/h5-10,17H,4,11-14H2,1-3H3,(H,25,27). The average Bonchev–Trinajstić information content (AvgIpc) is 3.40. The molecule has 1 fully saturated rings. The second-order valence-corrected chi connectivity index (χ2v) is 11.3. The number of benzene rings is 1. The molecule has 0 unspecified atom stereocenters. The molecule has 3 aromatic rings. The number of hydrogen-bond acceptors (Lipinski definition) is 7. The van der Waals surface area contributed by atoms with Crippen molar-refractivity contribution in [3.63, 3.8) is 0 Å². The predicted molar refractivity (Wildman–Crippen MR) is 126 cm³/mol. The fourth-order valence-corrected chi connectivity index (χ4v) is 5.64. The lowest BCUT2D eigenvalue weighted by Gasteiger charge is -2.34. The zero-order valence-corrected chi connectivity index (χ0v) is 20.1. The number of furan rings is 1. The Kier molecular flexibility index (Phi) is 6.39. The number of rotatable bonds is 6. The van der Waals surface area contributed by atoms with Crippen LogP contribution in [0.4, 0.5) is 5.69 Å². The Balaban J connectivity index is 1.35. The van der Waals surface area contributed by atoms with Gasteiger partial charge in [0.1, 0.15) is 10.6 Å². The van der Waals surface area contributed by atoms with E-state index in [9.17, 15) is 13.2 Å². The summed E-state index contributed by atoms with van der Waals surface area (Å²) in [6.45, 7) is 6.96. The first-order valence-corrected chi connectivity index (χ1v) is 13.2. The van der Waals surface area contributed by atoms with Gasteiger partial charge >= 0.3 is 0 Å². The van der Waals surface area contributed by atoms with Gasteiger partial charge in [-0.25, -0.2) is 13.4 Å². The van der Waals surface area contributed by atoms with Gasteiger partial charge in [0.05, 0.1) is 16.3 Å². The topological polar surface area (TPSA) is 92.5 Å². The van der Waals surface area contributed by atoms with E-state index in [2.05, 4.69) is 15.2 Å². The van der Waals surface area contributed by atoms with Gasteiger partial charge in [-0.15, -0.1) is 11.3 Å². The molecule has 0 aliphatic carbocycles. The lowest BCUT2D eigenvalue weighted by atomic mass is 10.0. The minimum atomic E-state index is -3.19. The van der Waals surface area contributed by atoms with Crippen molar-refractivity contribution >= 4 is 32.8 Å². The number of carbonyl (C=O) groups excluding carboxylic acids is 1. The summed E-state index contributed by atoms with van der Waals surface area (Å²) in [6, 6.07) is 10.9. The van der Waals surface area contributed by atoms with Crippen LogP contribution in [0.15, 0.2) is 45.7 Å². The molecule has 0 atom stereocenters. The zero-order chi connectivity index (χ0) is 22.9.